The quantitative estimate of drug-likeness (QED) is 0.783. The van der Waals surface area contributed by atoms with Crippen LogP contribution in [-0.4, -0.2) is 20.8 Å². The van der Waals surface area contributed by atoms with Gasteiger partial charge in [0.2, 0.25) is 5.91 Å². The van der Waals surface area contributed by atoms with E-state index in [0.717, 1.165) is 19.3 Å². The van der Waals surface area contributed by atoms with Gasteiger partial charge < -0.3 is 9.87 Å². The molecule has 2 atom stereocenters. The highest BCUT2D eigenvalue weighted by Gasteiger charge is 2.39. The Kier molecular flexibility index (Phi) is 6.03. The molecule has 1 aliphatic heterocycles. The Labute approximate surface area is 143 Å². The number of benzene rings is 1. The second-order valence-corrected chi connectivity index (χ2v) is 7.36. The largest absolute Gasteiger partial charge is 0.588 e. The summed E-state index contributed by atoms with van der Waals surface area (Å²) < 4.78 is 14.5. The molecule has 0 aliphatic carbocycles. The first-order valence-corrected chi connectivity index (χ1v) is 8.95. The minimum absolute atomic E-state index is 0.0420. The van der Waals surface area contributed by atoms with Gasteiger partial charge in [0.15, 0.2) is 10.7 Å². The molecule has 0 bridgehead atoms. The summed E-state index contributed by atoms with van der Waals surface area (Å²) in [6.07, 6.45) is 4.91. The van der Waals surface area contributed by atoms with E-state index in [9.17, 15) is 9.35 Å². The summed E-state index contributed by atoms with van der Waals surface area (Å²) in [7, 11) is 0. The van der Waals surface area contributed by atoms with E-state index in [-0.39, 0.29) is 11.9 Å². The van der Waals surface area contributed by atoms with Crippen molar-refractivity contribution in [3.8, 4) is 0 Å². The maximum atomic E-state index is 12.8. The van der Waals surface area contributed by atoms with Crippen LogP contribution in [0.4, 0.5) is 0 Å². The van der Waals surface area contributed by atoms with E-state index in [2.05, 4.69) is 12.2 Å². The van der Waals surface area contributed by atoms with Crippen molar-refractivity contribution >= 4 is 40.5 Å². The number of carbonyl (C=O) groups excluding carboxylic acids is 1. The van der Waals surface area contributed by atoms with Crippen LogP contribution in [0.5, 0.6) is 0 Å². The Morgan fingerprint density at radius 1 is 1.36 bits per heavy atom. The molecular formula is C15H18Cl2N2O2S. The highest BCUT2D eigenvalue weighted by atomic mass is 35.5. The monoisotopic (exact) mass is 360 g/mol. The fourth-order valence-electron chi connectivity index (χ4n) is 2.27. The van der Waals surface area contributed by atoms with E-state index >= 15 is 0 Å². The Bertz CT molecular complexity index is 575. The molecule has 4 nitrogen and oxygen atoms in total. The second-order valence-electron chi connectivity index (χ2n) is 5.12. The van der Waals surface area contributed by atoms with Crippen LogP contribution in [-0.2, 0) is 16.2 Å². The lowest BCUT2D eigenvalue weighted by molar-refractivity contribution is -0.118. The highest BCUT2D eigenvalue weighted by molar-refractivity contribution is 7.89. The standard InChI is InChI=1S/C15H18Cl2N2O2S/c1-3-4-5-13-9-15(18-10(2)20)19(13)22(21)14-7-11(16)6-12(17)8-14/h6-9,13H,3-5H2,1-2H3,(H,18,20). The fourth-order valence-corrected chi connectivity index (χ4v) is 4.30. The number of nitrogens with zero attached hydrogens (tertiary/aromatic N) is 1. The summed E-state index contributed by atoms with van der Waals surface area (Å²) in [6.45, 7) is 3.53. The molecule has 120 valence electrons. The first-order chi connectivity index (χ1) is 10.4. The molecule has 1 amide bonds. The fraction of sp³-hybridized carbons (Fsp3) is 0.400. The number of hydrogen-bond acceptors (Lipinski definition) is 3. The summed E-state index contributed by atoms with van der Waals surface area (Å²) in [5.74, 6) is 0.384. The van der Waals surface area contributed by atoms with Gasteiger partial charge in [0.1, 0.15) is 17.4 Å². The number of nitrogens with one attached hydrogen (secondary N) is 1. The molecule has 0 aromatic heterocycles. The molecule has 2 unspecified atom stereocenters. The average molecular weight is 361 g/mol. The Balaban J connectivity index is 2.21. The summed E-state index contributed by atoms with van der Waals surface area (Å²) in [4.78, 5) is 11.8. The molecule has 0 saturated carbocycles. The molecular weight excluding hydrogens is 343 g/mol. The molecule has 1 N–H and O–H groups in total. The number of rotatable bonds is 6. The second kappa shape index (κ2) is 7.59. The van der Waals surface area contributed by atoms with Crippen molar-refractivity contribution in [3.05, 3.63) is 40.1 Å². The topological polar surface area (TPSA) is 55.4 Å². The molecule has 0 spiro atoms. The van der Waals surface area contributed by atoms with Crippen molar-refractivity contribution in [2.75, 3.05) is 0 Å². The van der Waals surface area contributed by atoms with Gasteiger partial charge in [-0.2, -0.15) is 4.31 Å². The predicted molar refractivity (Wildman–Crippen MR) is 89.9 cm³/mol. The van der Waals surface area contributed by atoms with Crippen LogP contribution in [0.2, 0.25) is 10.0 Å². The molecule has 0 saturated heterocycles. The van der Waals surface area contributed by atoms with Crippen LogP contribution in [0.25, 0.3) is 0 Å². The van der Waals surface area contributed by atoms with Gasteiger partial charge in [-0.15, -0.1) is 0 Å². The smallest absolute Gasteiger partial charge is 0.222 e. The maximum absolute atomic E-state index is 12.8. The third-order valence-electron chi connectivity index (χ3n) is 3.26. The van der Waals surface area contributed by atoms with Gasteiger partial charge in [-0.05, 0) is 18.6 Å². The van der Waals surface area contributed by atoms with Crippen LogP contribution in [0.3, 0.4) is 0 Å². The first-order valence-electron chi connectivity index (χ1n) is 7.09. The van der Waals surface area contributed by atoms with Crippen LogP contribution in [0, 0.1) is 0 Å². The van der Waals surface area contributed by atoms with Gasteiger partial charge in [0, 0.05) is 29.1 Å². The van der Waals surface area contributed by atoms with E-state index in [1.807, 2.05) is 6.08 Å². The van der Waals surface area contributed by atoms with Gasteiger partial charge in [0.05, 0.1) is 0 Å². The summed E-state index contributed by atoms with van der Waals surface area (Å²) in [5, 5.41) is 3.58. The molecule has 1 aromatic rings. The average Bonchev–Trinajstić information content (AvgIpc) is 2.40. The van der Waals surface area contributed by atoms with Crippen molar-refractivity contribution in [2.24, 2.45) is 0 Å². The molecule has 22 heavy (non-hydrogen) atoms. The van der Waals surface area contributed by atoms with E-state index in [0.29, 0.717) is 20.8 Å². The van der Waals surface area contributed by atoms with Gasteiger partial charge in [0.25, 0.3) is 0 Å². The lowest BCUT2D eigenvalue weighted by atomic mass is 10.1. The lowest BCUT2D eigenvalue weighted by Gasteiger charge is -2.39. The van der Waals surface area contributed by atoms with Crippen molar-refractivity contribution in [1.82, 2.24) is 9.62 Å². The lowest BCUT2D eigenvalue weighted by Crippen LogP contribution is -2.51. The van der Waals surface area contributed by atoms with Crippen LogP contribution >= 0.6 is 23.2 Å². The van der Waals surface area contributed by atoms with Crippen molar-refractivity contribution in [1.29, 1.82) is 0 Å². The van der Waals surface area contributed by atoms with Gasteiger partial charge in [-0.1, -0.05) is 43.0 Å². The van der Waals surface area contributed by atoms with Crippen LogP contribution in [0.1, 0.15) is 33.1 Å². The van der Waals surface area contributed by atoms with Crippen LogP contribution < -0.4 is 5.32 Å². The number of hydrogen-bond donors (Lipinski definition) is 1. The highest BCUT2D eigenvalue weighted by Crippen LogP contribution is 2.34. The molecule has 1 aliphatic rings. The zero-order valence-corrected chi connectivity index (χ0v) is 14.8. The predicted octanol–water partition coefficient (Wildman–Crippen LogP) is 3.87. The number of amides is 1. The molecule has 1 aromatic carbocycles. The minimum Gasteiger partial charge on any atom is -0.588 e. The van der Waals surface area contributed by atoms with Crippen molar-refractivity contribution < 1.29 is 9.35 Å². The minimum atomic E-state index is -1.46. The van der Waals surface area contributed by atoms with Crippen molar-refractivity contribution in [3.63, 3.8) is 0 Å². The Morgan fingerprint density at radius 3 is 2.55 bits per heavy atom. The SMILES string of the molecule is CCCCC1C=C(NC(C)=O)N1[S+]([O-])c1cc(Cl)cc(Cl)c1. The zero-order chi connectivity index (χ0) is 16.3. The third kappa shape index (κ3) is 4.10. The Morgan fingerprint density at radius 2 is 2.00 bits per heavy atom. The molecule has 7 heteroatoms. The van der Waals surface area contributed by atoms with Crippen LogP contribution in [0.15, 0.2) is 35.0 Å². The molecule has 0 fully saturated rings. The maximum Gasteiger partial charge on any atom is 0.222 e. The normalized spacial score (nSPS) is 18.5. The molecule has 0 radical (unpaired) electrons. The third-order valence-corrected chi connectivity index (χ3v) is 5.16. The van der Waals surface area contributed by atoms with E-state index in [1.165, 1.54) is 6.92 Å². The number of halogens is 2. The summed E-state index contributed by atoms with van der Waals surface area (Å²) in [5.41, 5.74) is 0. The van der Waals surface area contributed by atoms with Gasteiger partial charge in [-0.25, -0.2) is 0 Å². The first kappa shape index (κ1) is 17.5. The summed E-state index contributed by atoms with van der Waals surface area (Å²) >= 11 is 10.5. The van der Waals surface area contributed by atoms with Crippen molar-refractivity contribution in [2.45, 2.75) is 44.0 Å². The van der Waals surface area contributed by atoms with Gasteiger partial charge >= 0.3 is 0 Å². The Hall–Kier alpha value is -0.880. The summed E-state index contributed by atoms with van der Waals surface area (Å²) in [6, 6.07) is 4.90. The molecule has 1 heterocycles. The van der Waals surface area contributed by atoms with E-state index in [1.54, 1.807) is 22.5 Å². The number of carbonyl (C=O) groups is 1. The zero-order valence-electron chi connectivity index (χ0n) is 12.4. The van der Waals surface area contributed by atoms with E-state index in [4.69, 9.17) is 23.2 Å². The molecule has 2 rings (SSSR count). The number of unbranched alkanes of at least 4 members (excludes halogenated alkanes) is 1. The van der Waals surface area contributed by atoms with E-state index < -0.39 is 11.4 Å². The van der Waals surface area contributed by atoms with Gasteiger partial charge in [-0.3, -0.25) is 4.79 Å².